The van der Waals surface area contributed by atoms with E-state index in [0.717, 1.165) is 30.7 Å². The van der Waals surface area contributed by atoms with E-state index in [1.807, 2.05) is 66.7 Å². The third-order valence-electron chi connectivity index (χ3n) is 5.12. The maximum absolute atomic E-state index is 12.5. The Bertz CT molecular complexity index is 989. The van der Waals surface area contributed by atoms with Crippen molar-refractivity contribution in [3.05, 3.63) is 84.4 Å². The summed E-state index contributed by atoms with van der Waals surface area (Å²) in [6, 6.07) is 25.6. The van der Waals surface area contributed by atoms with Gasteiger partial charge >= 0.3 is 0 Å². The third kappa shape index (κ3) is 8.89. The number of benzene rings is 3. The molecule has 3 aromatic carbocycles. The molecule has 0 heterocycles. The molecule has 0 radical (unpaired) electrons. The molecule has 5 nitrogen and oxygen atoms in total. The van der Waals surface area contributed by atoms with Gasteiger partial charge in [0.1, 0.15) is 11.5 Å². The minimum atomic E-state index is -0.138. The van der Waals surface area contributed by atoms with E-state index in [0.29, 0.717) is 30.6 Å². The number of nitrogens with one attached hydrogen (secondary N) is 2. The van der Waals surface area contributed by atoms with Crippen LogP contribution in [-0.4, -0.2) is 25.7 Å². The van der Waals surface area contributed by atoms with Crippen LogP contribution in [-0.2, 0) is 11.2 Å². The maximum Gasteiger partial charge on any atom is 0.243 e. The quantitative estimate of drug-likeness (QED) is 0.308. The maximum atomic E-state index is 12.5. The van der Waals surface area contributed by atoms with Gasteiger partial charge in [0, 0.05) is 11.8 Å². The molecule has 0 bridgehead atoms. The van der Waals surface area contributed by atoms with E-state index in [9.17, 15) is 4.79 Å². The molecule has 0 aromatic heterocycles. The van der Waals surface area contributed by atoms with E-state index in [4.69, 9.17) is 9.47 Å². The van der Waals surface area contributed by atoms with Gasteiger partial charge in [-0.3, -0.25) is 4.79 Å². The van der Waals surface area contributed by atoms with Gasteiger partial charge in [0.15, 0.2) is 0 Å². The summed E-state index contributed by atoms with van der Waals surface area (Å²) in [4.78, 5) is 12.5. The van der Waals surface area contributed by atoms with Crippen LogP contribution in [0.15, 0.2) is 78.9 Å². The number of carbonyl (C=O) groups excluding carboxylic acids is 1. The molecule has 5 heteroatoms. The standard InChI is InChI=1S/C28H34N2O3/c1-22(2)17-19-32-25-14-8-13-24(20-25)29-21-28(31)30-26-15-6-7-16-27(26)33-18-9-12-23-10-4-3-5-11-23/h3-8,10-11,13-16,20,22,29H,9,12,17-19,21H2,1-2H3,(H,30,31). The highest BCUT2D eigenvalue weighted by molar-refractivity contribution is 5.95. The van der Waals surface area contributed by atoms with Crippen LogP contribution in [0.1, 0.15) is 32.3 Å². The second-order valence-electron chi connectivity index (χ2n) is 8.39. The molecule has 33 heavy (non-hydrogen) atoms. The average Bonchev–Trinajstić information content (AvgIpc) is 2.82. The Kier molecular flexibility index (Phi) is 9.64. The van der Waals surface area contributed by atoms with Crippen LogP contribution in [0.25, 0.3) is 0 Å². The molecule has 0 aliphatic rings. The number of amides is 1. The predicted octanol–water partition coefficient (Wildman–Crippen LogP) is 6.17. The SMILES string of the molecule is CC(C)CCOc1cccc(NCC(=O)Nc2ccccc2OCCCc2ccccc2)c1. The summed E-state index contributed by atoms with van der Waals surface area (Å²) < 4.78 is 11.7. The van der Waals surface area contributed by atoms with Crippen LogP contribution in [0, 0.1) is 5.92 Å². The van der Waals surface area contributed by atoms with Crippen LogP contribution < -0.4 is 20.1 Å². The molecule has 0 unspecified atom stereocenters. The van der Waals surface area contributed by atoms with Crippen molar-refractivity contribution in [1.29, 1.82) is 0 Å². The molecule has 2 N–H and O–H groups in total. The van der Waals surface area contributed by atoms with Crippen molar-refractivity contribution in [1.82, 2.24) is 0 Å². The van der Waals surface area contributed by atoms with E-state index in [1.54, 1.807) is 0 Å². The number of rotatable bonds is 13. The van der Waals surface area contributed by atoms with E-state index in [-0.39, 0.29) is 12.5 Å². The lowest BCUT2D eigenvalue weighted by Crippen LogP contribution is -2.22. The molecule has 174 valence electrons. The molecule has 0 aliphatic carbocycles. The van der Waals surface area contributed by atoms with Crippen molar-refractivity contribution in [2.45, 2.75) is 33.1 Å². The highest BCUT2D eigenvalue weighted by atomic mass is 16.5. The largest absolute Gasteiger partial charge is 0.494 e. The van der Waals surface area contributed by atoms with Crippen molar-refractivity contribution in [3.8, 4) is 11.5 Å². The van der Waals surface area contributed by atoms with Crippen LogP contribution in [0.2, 0.25) is 0 Å². The van der Waals surface area contributed by atoms with E-state index in [2.05, 4.69) is 36.6 Å². The summed E-state index contributed by atoms with van der Waals surface area (Å²) in [6.07, 6.45) is 2.87. The lowest BCUT2D eigenvalue weighted by Gasteiger charge is -2.14. The number of hydrogen-bond acceptors (Lipinski definition) is 4. The van der Waals surface area contributed by atoms with E-state index in [1.165, 1.54) is 5.56 Å². The van der Waals surface area contributed by atoms with Gasteiger partial charge < -0.3 is 20.1 Å². The molecule has 0 spiro atoms. The van der Waals surface area contributed by atoms with Gasteiger partial charge in [-0.15, -0.1) is 0 Å². The molecule has 3 aromatic rings. The highest BCUT2D eigenvalue weighted by Crippen LogP contribution is 2.24. The Morgan fingerprint density at radius 1 is 0.879 bits per heavy atom. The monoisotopic (exact) mass is 446 g/mol. The second-order valence-corrected chi connectivity index (χ2v) is 8.39. The molecule has 3 rings (SSSR count). The topological polar surface area (TPSA) is 59.6 Å². The first-order valence-electron chi connectivity index (χ1n) is 11.6. The minimum absolute atomic E-state index is 0.138. The highest BCUT2D eigenvalue weighted by Gasteiger charge is 2.08. The van der Waals surface area contributed by atoms with Gasteiger partial charge in [0.05, 0.1) is 25.4 Å². The first-order valence-corrected chi connectivity index (χ1v) is 11.6. The van der Waals surface area contributed by atoms with Crippen molar-refractivity contribution in [3.63, 3.8) is 0 Å². The van der Waals surface area contributed by atoms with Gasteiger partial charge in [-0.1, -0.05) is 62.4 Å². The van der Waals surface area contributed by atoms with E-state index < -0.39 is 0 Å². The number of para-hydroxylation sites is 2. The molecule has 1 amide bonds. The molecule has 0 aliphatic heterocycles. The van der Waals surface area contributed by atoms with Crippen LogP contribution in [0.4, 0.5) is 11.4 Å². The molecular weight excluding hydrogens is 412 g/mol. The van der Waals surface area contributed by atoms with Gasteiger partial charge in [-0.25, -0.2) is 0 Å². The van der Waals surface area contributed by atoms with Crippen molar-refractivity contribution >= 4 is 17.3 Å². The second kappa shape index (κ2) is 13.2. The number of aryl methyl sites for hydroxylation is 1. The summed E-state index contributed by atoms with van der Waals surface area (Å²) in [5.74, 6) is 1.95. The number of anilines is 2. The molecule has 0 saturated carbocycles. The number of carbonyl (C=O) groups is 1. The van der Waals surface area contributed by atoms with Crippen LogP contribution in [0.5, 0.6) is 11.5 Å². The van der Waals surface area contributed by atoms with Gasteiger partial charge in [0.2, 0.25) is 5.91 Å². The summed E-state index contributed by atoms with van der Waals surface area (Å²) in [7, 11) is 0. The van der Waals surface area contributed by atoms with Gasteiger partial charge in [-0.05, 0) is 55.0 Å². The zero-order valence-corrected chi connectivity index (χ0v) is 19.6. The Labute approximate surface area is 197 Å². The fourth-order valence-corrected chi connectivity index (χ4v) is 3.28. The fraction of sp³-hybridized carbons (Fsp3) is 0.321. The summed E-state index contributed by atoms with van der Waals surface area (Å²) in [5, 5.41) is 6.10. The summed E-state index contributed by atoms with van der Waals surface area (Å²) in [6.45, 7) is 5.77. The van der Waals surface area contributed by atoms with Crippen molar-refractivity contribution < 1.29 is 14.3 Å². The lowest BCUT2D eigenvalue weighted by atomic mass is 10.1. The predicted molar refractivity (Wildman–Crippen MR) is 135 cm³/mol. The summed E-state index contributed by atoms with van der Waals surface area (Å²) in [5.41, 5.74) is 2.82. The van der Waals surface area contributed by atoms with Crippen LogP contribution in [0.3, 0.4) is 0 Å². The Morgan fingerprint density at radius 3 is 2.48 bits per heavy atom. The van der Waals surface area contributed by atoms with Crippen molar-refractivity contribution in [2.24, 2.45) is 5.92 Å². The summed E-state index contributed by atoms with van der Waals surface area (Å²) >= 11 is 0. The third-order valence-corrected chi connectivity index (χ3v) is 5.12. The zero-order chi connectivity index (χ0) is 23.3. The van der Waals surface area contributed by atoms with Gasteiger partial charge in [-0.2, -0.15) is 0 Å². The van der Waals surface area contributed by atoms with E-state index >= 15 is 0 Å². The number of hydrogen-bond donors (Lipinski definition) is 2. The van der Waals surface area contributed by atoms with Crippen LogP contribution >= 0.6 is 0 Å². The minimum Gasteiger partial charge on any atom is -0.494 e. The Morgan fingerprint density at radius 2 is 1.67 bits per heavy atom. The smallest absolute Gasteiger partial charge is 0.243 e. The van der Waals surface area contributed by atoms with Gasteiger partial charge in [0.25, 0.3) is 0 Å². The molecule has 0 atom stereocenters. The number of ether oxygens (including phenoxy) is 2. The van der Waals surface area contributed by atoms with Crippen molar-refractivity contribution in [2.75, 3.05) is 30.4 Å². The molecular formula is C28H34N2O3. The average molecular weight is 447 g/mol. The lowest BCUT2D eigenvalue weighted by molar-refractivity contribution is -0.114. The Hall–Kier alpha value is -3.47. The first kappa shape index (κ1) is 24.2. The molecule has 0 fully saturated rings. The molecule has 0 saturated heterocycles. The Balaban J connectivity index is 1.44. The fourth-order valence-electron chi connectivity index (χ4n) is 3.28. The first-order chi connectivity index (χ1) is 16.1. The normalized spacial score (nSPS) is 10.6. The zero-order valence-electron chi connectivity index (χ0n) is 19.6.